The lowest BCUT2D eigenvalue weighted by Gasteiger charge is -2.22. The molecule has 0 fully saturated rings. The molecule has 3 aromatic carbocycles. The number of esters is 1. The summed E-state index contributed by atoms with van der Waals surface area (Å²) in [5, 5.41) is 1.92. The standard InChI is InChI=1S/C26H23NO6S/c1-2-27(23-14-8-10-19-9-6-7-13-22(19)23)25(28)17-32-26(29)24-16-15-20(33-24)18-34(30,31)21-11-4-3-5-12-21/h3-16H,2,17-18H2,1H3. The Kier molecular flexibility index (Phi) is 6.79. The molecule has 0 bridgehead atoms. The smallest absolute Gasteiger partial charge is 0.374 e. The van der Waals surface area contributed by atoms with Crippen molar-refractivity contribution in [2.45, 2.75) is 17.6 Å². The van der Waals surface area contributed by atoms with Crippen LogP contribution in [0.3, 0.4) is 0 Å². The molecule has 0 saturated heterocycles. The number of nitrogens with zero attached hydrogens (tertiary/aromatic N) is 1. The van der Waals surface area contributed by atoms with Gasteiger partial charge >= 0.3 is 5.97 Å². The Morgan fingerprint density at radius 2 is 1.59 bits per heavy atom. The Labute approximate surface area is 197 Å². The molecule has 8 heteroatoms. The van der Waals surface area contributed by atoms with Gasteiger partial charge in [-0.3, -0.25) is 4.79 Å². The minimum atomic E-state index is -3.62. The van der Waals surface area contributed by atoms with E-state index >= 15 is 0 Å². The van der Waals surface area contributed by atoms with Crippen molar-refractivity contribution < 1.29 is 27.2 Å². The Morgan fingerprint density at radius 3 is 2.35 bits per heavy atom. The third-order valence-electron chi connectivity index (χ3n) is 5.30. The number of furan rings is 1. The van der Waals surface area contributed by atoms with Crippen molar-refractivity contribution in [2.75, 3.05) is 18.1 Å². The molecule has 7 nitrogen and oxygen atoms in total. The average molecular weight is 478 g/mol. The number of carbonyl (C=O) groups is 2. The summed E-state index contributed by atoms with van der Waals surface area (Å²) >= 11 is 0. The van der Waals surface area contributed by atoms with Gasteiger partial charge in [0.15, 0.2) is 16.4 Å². The second kappa shape index (κ2) is 9.93. The number of carbonyl (C=O) groups excluding carboxylic acids is 2. The zero-order valence-corrected chi connectivity index (χ0v) is 19.3. The molecule has 0 spiro atoms. The molecule has 0 saturated carbocycles. The van der Waals surface area contributed by atoms with Crippen LogP contribution in [0.15, 0.2) is 94.2 Å². The van der Waals surface area contributed by atoms with E-state index in [0.29, 0.717) is 6.54 Å². The van der Waals surface area contributed by atoms with Crippen LogP contribution in [-0.2, 0) is 25.1 Å². The molecule has 4 rings (SSSR count). The van der Waals surface area contributed by atoms with Gasteiger partial charge in [0.25, 0.3) is 5.91 Å². The van der Waals surface area contributed by atoms with Crippen LogP contribution >= 0.6 is 0 Å². The van der Waals surface area contributed by atoms with Crippen LogP contribution in [0, 0.1) is 0 Å². The first-order valence-electron chi connectivity index (χ1n) is 10.7. The molecule has 0 radical (unpaired) electrons. The van der Waals surface area contributed by atoms with E-state index in [-0.39, 0.29) is 22.3 Å². The molecule has 1 amide bonds. The number of anilines is 1. The Balaban J connectivity index is 1.41. The van der Waals surface area contributed by atoms with Crippen LogP contribution in [-0.4, -0.2) is 33.4 Å². The molecule has 1 aromatic heterocycles. The number of benzene rings is 3. The fourth-order valence-electron chi connectivity index (χ4n) is 3.66. The summed E-state index contributed by atoms with van der Waals surface area (Å²) < 4.78 is 35.6. The second-order valence-corrected chi connectivity index (χ2v) is 9.54. The zero-order valence-electron chi connectivity index (χ0n) is 18.5. The van der Waals surface area contributed by atoms with E-state index in [1.165, 1.54) is 24.3 Å². The molecular weight excluding hydrogens is 454 g/mol. The number of fused-ring (bicyclic) bond motifs is 1. The molecule has 4 aromatic rings. The number of amides is 1. The number of hydrogen-bond donors (Lipinski definition) is 0. The molecule has 0 N–H and O–H groups in total. The lowest BCUT2D eigenvalue weighted by atomic mass is 10.1. The van der Waals surface area contributed by atoms with E-state index < -0.39 is 28.2 Å². The summed E-state index contributed by atoms with van der Waals surface area (Å²) in [7, 11) is -3.62. The Bertz CT molecular complexity index is 1420. The van der Waals surface area contributed by atoms with Crippen LogP contribution in [0.4, 0.5) is 5.69 Å². The summed E-state index contributed by atoms with van der Waals surface area (Å²) in [5.41, 5.74) is 0.730. The van der Waals surface area contributed by atoms with Gasteiger partial charge < -0.3 is 14.1 Å². The fraction of sp³-hybridized carbons (Fsp3) is 0.154. The van der Waals surface area contributed by atoms with Gasteiger partial charge in [-0.05, 0) is 42.6 Å². The first kappa shape index (κ1) is 23.3. The summed E-state index contributed by atoms with van der Waals surface area (Å²) in [6.07, 6.45) is 0. The van der Waals surface area contributed by atoms with Crippen molar-refractivity contribution in [3.63, 3.8) is 0 Å². The van der Waals surface area contributed by atoms with Gasteiger partial charge in [-0.25, -0.2) is 13.2 Å². The number of hydrogen-bond acceptors (Lipinski definition) is 6. The highest BCUT2D eigenvalue weighted by molar-refractivity contribution is 7.90. The van der Waals surface area contributed by atoms with E-state index in [9.17, 15) is 18.0 Å². The number of sulfone groups is 1. The van der Waals surface area contributed by atoms with Gasteiger partial charge in [0.1, 0.15) is 11.5 Å². The highest BCUT2D eigenvalue weighted by Gasteiger charge is 2.22. The van der Waals surface area contributed by atoms with Gasteiger partial charge in [0.2, 0.25) is 5.76 Å². The summed E-state index contributed by atoms with van der Waals surface area (Å²) in [4.78, 5) is 27.0. The van der Waals surface area contributed by atoms with Crippen LogP contribution < -0.4 is 4.90 Å². The van der Waals surface area contributed by atoms with E-state index in [2.05, 4.69) is 0 Å². The van der Waals surface area contributed by atoms with Crippen LogP contribution in [0.25, 0.3) is 10.8 Å². The first-order valence-corrected chi connectivity index (χ1v) is 12.4. The van der Waals surface area contributed by atoms with E-state index in [4.69, 9.17) is 9.15 Å². The highest BCUT2D eigenvalue weighted by Crippen LogP contribution is 2.27. The maximum atomic E-state index is 12.8. The predicted octanol–water partition coefficient (Wildman–Crippen LogP) is 4.62. The second-order valence-electron chi connectivity index (χ2n) is 7.55. The topological polar surface area (TPSA) is 93.9 Å². The van der Waals surface area contributed by atoms with E-state index in [1.54, 1.807) is 23.1 Å². The molecule has 0 aliphatic rings. The average Bonchev–Trinajstić information content (AvgIpc) is 3.31. The molecule has 174 valence electrons. The van der Waals surface area contributed by atoms with Crippen molar-refractivity contribution in [3.8, 4) is 0 Å². The molecule has 0 unspecified atom stereocenters. The molecule has 34 heavy (non-hydrogen) atoms. The highest BCUT2D eigenvalue weighted by atomic mass is 32.2. The minimum absolute atomic E-state index is 0.105. The van der Waals surface area contributed by atoms with Crippen molar-refractivity contribution in [3.05, 3.63) is 96.4 Å². The van der Waals surface area contributed by atoms with Crippen molar-refractivity contribution in [1.29, 1.82) is 0 Å². The monoisotopic (exact) mass is 477 g/mol. The quantitative estimate of drug-likeness (QED) is 0.344. The Morgan fingerprint density at radius 1 is 0.882 bits per heavy atom. The number of rotatable bonds is 8. The lowest BCUT2D eigenvalue weighted by Crippen LogP contribution is -2.34. The lowest BCUT2D eigenvalue weighted by molar-refractivity contribution is -0.121. The van der Waals surface area contributed by atoms with Gasteiger partial charge in [0, 0.05) is 11.9 Å². The number of ether oxygens (including phenoxy) is 1. The first-order chi connectivity index (χ1) is 16.4. The zero-order chi connectivity index (χ0) is 24.1. The normalized spacial score (nSPS) is 11.3. The Hall–Kier alpha value is -3.91. The largest absolute Gasteiger partial charge is 0.453 e. The number of likely N-dealkylation sites (N-methyl/N-ethyl adjacent to an activating group) is 1. The third kappa shape index (κ3) is 5.02. The minimum Gasteiger partial charge on any atom is -0.453 e. The van der Waals surface area contributed by atoms with Crippen molar-refractivity contribution in [2.24, 2.45) is 0 Å². The SMILES string of the molecule is CCN(C(=O)COC(=O)c1ccc(CS(=O)(=O)c2ccccc2)o1)c1cccc2ccccc12. The van der Waals surface area contributed by atoms with E-state index in [1.807, 2.05) is 49.4 Å². The molecule has 1 heterocycles. The van der Waals surface area contributed by atoms with Crippen molar-refractivity contribution in [1.82, 2.24) is 0 Å². The molecule has 0 aliphatic heterocycles. The molecule has 0 atom stereocenters. The maximum absolute atomic E-state index is 12.8. The van der Waals surface area contributed by atoms with Gasteiger partial charge in [-0.2, -0.15) is 0 Å². The van der Waals surface area contributed by atoms with Gasteiger partial charge in [-0.1, -0.05) is 54.6 Å². The van der Waals surface area contributed by atoms with Crippen LogP contribution in [0.5, 0.6) is 0 Å². The molecule has 0 aliphatic carbocycles. The molecular formula is C26H23NO6S. The van der Waals surface area contributed by atoms with E-state index in [0.717, 1.165) is 16.5 Å². The fourth-order valence-corrected chi connectivity index (χ4v) is 4.93. The summed E-state index contributed by atoms with van der Waals surface area (Å²) in [5.74, 6) is -1.68. The summed E-state index contributed by atoms with van der Waals surface area (Å²) in [6, 6.07) is 24.1. The summed E-state index contributed by atoms with van der Waals surface area (Å²) in [6.45, 7) is 1.76. The van der Waals surface area contributed by atoms with Crippen molar-refractivity contribution >= 4 is 38.2 Å². The predicted molar refractivity (Wildman–Crippen MR) is 128 cm³/mol. The van der Waals surface area contributed by atoms with Gasteiger partial charge in [0.05, 0.1) is 10.6 Å². The van der Waals surface area contributed by atoms with Crippen LogP contribution in [0.2, 0.25) is 0 Å². The van der Waals surface area contributed by atoms with Crippen LogP contribution in [0.1, 0.15) is 23.2 Å². The maximum Gasteiger partial charge on any atom is 0.374 e. The van der Waals surface area contributed by atoms with Gasteiger partial charge in [-0.15, -0.1) is 0 Å². The third-order valence-corrected chi connectivity index (χ3v) is 6.95.